The highest BCUT2D eigenvalue weighted by Gasteiger charge is 2.26. The molecular formula is C15H14F3N. The number of hydrogen-bond acceptors (Lipinski definition) is 1. The highest BCUT2D eigenvalue weighted by molar-refractivity contribution is 5.52. The molecule has 100 valence electrons. The highest BCUT2D eigenvalue weighted by Crippen LogP contribution is 2.21. The molecule has 0 amide bonds. The standard InChI is InChI=1S/C15H14F3N/c16-15(17,18)11-19-14-9-5-4-8-13(14)10-12-6-2-1-3-7-12/h1-9,19H,10-11H2. The molecule has 4 heteroatoms. The van der Waals surface area contributed by atoms with Gasteiger partial charge in [0.2, 0.25) is 0 Å². The van der Waals surface area contributed by atoms with E-state index in [2.05, 4.69) is 5.32 Å². The Labute approximate surface area is 110 Å². The third kappa shape index (κ3) is 4.32. The van der Waals surface area contributed by atoms with Crippen molar-refractivity contribution in [3.63, 3.8) is 0 Å². The Kier molecular flexibility index (Phi) is 4.10. The molecule has 0 fully saturated rings. The van der Waals surface area contributed by atoms with Gasteiger partial charge in [0.1, 0.15) is 6.54 Å². The smallest absolute Gasteiger partial charge is 0.376 e. The number of halogens is 3. The number of anilines is 1. The van der Waals surface area contributed by atoms with Gasteiger partial charge >= 0.3 is 6.18 Å². The number of nitrogens with one attached hydrogen (secondary N) is 1. The fraction of sp³-hybridized carbons (Fsp3) is 0.200. The van der Waals surface area contributed by atoms with E-state index in [1.165, 1.54) is 0 Å². The summed E-state index contributed by atoms with van der Waals surface area (Å²) in [5.74, 6) is 0. The highest BCUT2D eigenvalue weighted by atomic mass is 19.4. The van der Waals surface area contributed by atoms with E-state index < -0.39 is 12.7 Å². The van der Waals surface area contributed by atoms with Gasteiger partial charge in [0.05, 0.1) is 0 Å². The van der Waals surface area contributed by atoms with Gasteiger partial charge in [-0.1, -0.05) is 48.5 Å². The van der Waals surface area contributed by atoms with Crippen molar-refractivity contribution in [2.45, 2.75) is 12.6 Å². The minimum Gasteiger partial charge on any atom is -0.376 e. The molecular weight excluding hydrogens is 251 g/mol. The molecule has 0 aliphatic heterocycles. The molecule has 0 radical (unpaired) electrons. The molecule has 0 aromatic heterocycles. The van der Waals surface area contributed by atoms with E-state index in [9.17, 15) is 13.2 Å². The summed E-state index contributed by atoms with van der Waals surface area (Å²) in [5.41, 5.74) is 2.46. The Bertz CT molecular complexity index is 520. The minimum atomic E-state index is -4.21. The second-order valence-electron chi connectivity index (χ2n) is 4.29. The van der Waals surface area contributed by atoms with Gasteiger partial charge in [-0.05, 0) is 23.6 Å². The van der Waals surface area contributed by atoms with Crippen molar-refractivity contribution in [2.75, 3.05) is 11.9 Å². The van der Waals surface area contributed by atoms with Crippen LogP contribution in [0.1, 0.15) is 11.1 Å². The maximum atomic E-state index is 12.2. The number of benzene rings is 2. The Morgan fingerprint density at radius 3 is 2.16 bits per heavy atom. The maximum absolute atomic E-state index is 12.2. The molecule has 0 aliphatic rings. The summed E-state index contributed by atoms with van der Waals surface area (Å²) in [6.07, 6.45) is -3.60. The Morgan fingerprint density at radius 1 is 0.842 bits per heavy atom. The van der Waals surface area contributed by atoms with Crippen molar-refractivity contribution in [3.05, 3.63) is 65.7 Å². The van der Waals surface area contributed by atoms with Crippen molar-refractivity contribution in [1.82, 2.24) is 0 Å². The molecule has 0 heterocycles. The zero-order valence-electron chi connectivity index (χ0n) is 10.2. The predicted octanol–water partition coefficient (Wildman–Crippen LogP) is 4.25. The van der Waals surface area contributed by atoms with Gasteiger partial charge in [0, 0.05) is 5.69 Å². The number of hydrogen-bond donors (Lipinski definition) is 1. The zero-order valence-corrected chi connectivity index (χ0v) is 10.2. The number of alkyl halides is 3. The summed E-state index contributed by atoms with van der Waals surface area (Å²) in [5, 5.41) is 2.45. The summed E-state index contributed by atoms with van der Waals surface area (Å²) in [7, 11) is 0. The van der Waals surface area contributed by atoms with Gasteiger partial charge in [-0.25, -0.2) is 0 Å². The van der Waals surface area contributed by atoms with Crippen molar-refractivity contribution in [3.8, 4) is 0 Å². The lowest BCUT2D eigenvalue weighted by Gasteiger charge is -2.13. The minimum absolute atomic E-state index is 0.531. The summed E-state index contributed by atoms with van der Waals surface area (Å²) in [4.78, 5) is 0. The Morgan fingerprint density at radius 2 is 1.47 bits per heavy atom. The van der Waals surface area contributed by atoms with Crippen LogP contribution in [-0.4, -0.2) is 12.7 Å². The van der Waals surface area contributed by atoms with Crippen LogP contribution in [0.4, 0.5) is 18.9 Å². The lowest BCUT2D eigenvalue weighted by Crippen LogP contribution is -2.21. The van der Waals surface area contributed by atoms with E-state index in [0.29, 0.717) is 12.1 Å². The first-order chi connectivity index (χ1) is 9.04. The Balaban J connectivity index is 2.12. The molecule has 2 aromatic rings. The van der Waals surface area contributed by atoms with Gasteiger partial charge in [0.15, 0.2) is 0 Å². The molecule has 0 bridgehead atoms. The lowest BCUT2D eigenvalue weighted by molar-refractivity contribution is -0.115. The van der Waals surface area contributed by atoms with Crippen molar-refractivity contribution in [2.24, 2.45) is 0 Å². The largest absolute Gasteiger partial charge is 0.405 e. The van der Waals surface area contributed by atoms with Crippen LogP contribution >= 0.6 is 0 Å². The molecule has 19 heavy (non-hydrogen) atoms. The fourth-order valence-corrected chi connectivity index (χ4v) is 1.86. The van der Waals surface area contributed by atoms with Crippen molar-refractivity contribution < 1.29 is 13.2 Å². The van der Waals surface area contributed by atoms with Gasteiger partial charge < -0.3 is 5.32 Å². The van der Waals surface area contributed by atoms with Crippen LogP contribution in [-0.2, 0) is 6.42 Å². The van der Waals surface area contributed by atoms with E-state index in [4.69, 9.17) is 0 Å². The van der Waals surface area contributed by atoms with Gasteiger partial charge in [-0.3, -0.25) is 0 Å². The molecule has 0 unspecified atom stereocenters. The SMILES string of the molecule is FC(F)(F)CNc1ccccc1Cc1ccccc1. The molecule has 1 N–H and O–H groups in total. The number of rotatable bonds is 4. The van der Waals surface area contributed by atoms with E-state index in [1.807, 2.05) is 42.5 Å². The van der Waals surface area contributed by atoms with Gasteiger partial charge in [-0.2, -0.15) is 13.2 Å². The van der Waals surface area contributed by atoms with E-state index in [-0.39, 0.29) is 0 Å². The van der Waals surface area contributed by atoms with Crippen LogP contribution in [0.3, 0.4) is 0 Å². The van der Waals surface area contributed by atoms with E-state index >= 15 is 0 Å². The topological polar surface area (TPSA) is 12.0 Å². The van der Waals surface area contributed by atoms with E-state index in [1.54, 1.807) is 12.1 Å². The van der Waals surface area contributed by atoms with Gasteiger partial charge in [-0.15, -0.1) is 0 Å². The fourth-order valence-electron chi connectivity index (χ4n) is 1.86. The van der Waals surface area contributed by atoms with Crippen molar-refractivity contribution >= 4 is 5.69 Å². The van der Waals surface area contributed by atoms with Crippen LogP contribution in [0, 0.1) is 0 Å². The molecule has 0 atom stereocenters. The summed E-state index contributed by atoms with van der Waals surface area (Å²) in [6.45, 7) is -1.02. The molecule has 1 nitrogen and oxygen atoms in total. The molecule has 2 rings (SSSR count). The lowest BCUT2D eigenvalue weighted by atomic mass is 10.0. The van der Waals surface area contributed by atoms with Crippen LogP contribution in [0.15, 0.2) is 54.6 Å². The second kappa shape index (κ2) is 5.78. The molecule has 2 aromatic carbocycles. The molecule has 0 aliphatic carbocycles. The zero-order chi connectivity index (χ0) is 13.7. The normalized spacial score (nSPS) is 11.3. The second-order valence-corrected chi connectivity index (χ2v) is 4.29. The van der Waals surface area contributed by atoms with E-state index in [0.717, 1.165) is 11.1 Å². The third-order valence-electron chi connectivity index (χ3n) is 2.73. The predicted molar refractivity (Wildman–Crippen MR) is 70.2 cm³/mol. The first kappa shape index (κ1) is 13.5. The third-order valence-corrected chi connectivity index (χ3v) is 2.73. The summed E-state index contributed by atoms with van der Waals surface area (Å²) in [6, 6.07) is 16.7. The average Bonchev–Trinajstić information content (AvgIpc) is 2.38. The quantitative estimate of drug-likeness (QED) is 0.871. The van der Waals surface area contributed by atoms with Gasteiger partial charge in [0.25, 0.3) is 0 Å². The summed E-state index contributed by atoms with van der Waals surface area (Å²) < 4.78 is 36.7. The first-order valence-electron chi connectivity index (χ1n) is 5.97. The average molecular weight is 265 g/mol. The van der Waals surface area contributed by atoms with Crippen LogP contribution < -0.4 is 5.32 Å². The molecule has 0 saturated carbocycles. The monoisotopic (exact) mass is 265 g/mol. The Hall–Kier alpha value is -1.97. The van der Waals surface area contributed by atoms with Crippen LogP contribution in [0.2, 0.25) is 0 Å². The maximum Gasteiger partial charge on any atom is 0.405 e. The number of para-hydroxylation sites is 1. The van der Waals surface area contributed by atoms with Crippen molar-refractivity contribution in [1.29, 1.82) is 0 Å². The van der Waals surface area contributed by atoms with Crippen LogP contribution in [0.5, 0.6) is 0 Å². The molecule has 0 saturated heterocycles. The summed E-state index contributed by atoms with van der Waals surface area (Å²) >= 11 is 0. The van der Waals surface area contributed by atoms with Crippen LogP contribution in [0.25, 0.3) is 0 Å². The molecule has 0 spiro atoms. The first-order valence-corrected chi connectivity index (χ1v) is 5.97.